The summed E-state index contributed by atoms with van der Waals surface area (Å²) in [5.74, 6) is 2.80. The molecule has 0 aliphatic carbocycles. The topological polar surface area (TPSA) is 38.3 Å². The molecule has 172 valence electrons. The zero-order valence-electron chi connectivity index (χ0n) is 21.0. The van der Waals surface area contributed by atoms with Gasteiger partial charge in [0.1, 0.15) is 5.75 Å². The monoisotopic (exact) mass is 409 g/mol. The molecule has 0 bridgehead atoms. The normalized spacial score (nSPS) is 9.34. The van der Waals surface area contributed by atoms with Crippen LogP contribution < -0.4 is 10.1 Å². The molecule has 3 nitrogen and oxygen atoms in total. The lowest BCUT2D eigenvalue weighted by Crippen LogP contribution is -1.98. The summed E-state index contributed by atoms with van der Waals surface area (Å²) in [5, 5.41) is 2.25. The minimum Gasteiger partial charge on any atom is -0.497 e. The molecule has 1 rings (SSSR count). The summed E-state index contributed by atoms with van der Waals surface area (Å²) in [7, 11) is 3.25. The second-order valence-corrected chi connectivity index (χ2v) is 7.80. The van der Waals surface area contributed by atoms with Crippen LogP contribution in [-0.2, 0) is 11.2 Å². The van der Waals surface area contributed by atoms with Crippen LogP contribution in [0.25, 0.3) is 0 Å². The third-order valence-electron chi connectivity index (χ3n) is 4.58. The maximum Gasteiger partial charge on any atom is 0.206 e. The summed E-state index contributed by atoms with van der Waals surface area (Å²) < 4.78 is 5.06. The van der Waals surface area contributed by atoms with Gasteiger partial charge in [-0.2, -0.15) is 0 Å². The number of hydrogen-bond acceptors (Lipinski definition) is 2. The summed E-state index contributed by atoms with van der Waals surface area (Å²) in [5.41, 5.74) is 1.32. The summed E-state index contributed by atoms with van der Waals surface area (Å²) in [6, 6.07) is 8.12. The first-order valence-corrected chi connectivity index (χ1v) is 11.6. The Labute approximate surface area is 183 Å². The van der Waals surface area contributed by atoms with Crippen LogP contribution in [0.5, 0.6) is 5.75 Å². The predicted molar refractivity (Wildman–Crippen MR) is 131 cm³/mol. The molecule has 3 heteroatoms. The van der Waals surface area contributed by atoms with Crippen molar-refractivity contribution < 1.29 is 9.53 Å². The van der Waals surface area contributed by atoms with Crippen molar-refractivity contribution in [1.29, 1.82) is 0 Å². The number of methoxy groups -OCH3 is 1. The van der Waals surface area contributed by atoms with Gasteiger partial charge in [0.05, 0.1) is 7.11 Å². The molecule has 0 aliphatic rings. The average molecular weight is 410 g/mol. The Balaban J connectivity index is -0.000000335. The van der Waals surface area contributed by atoms with E-state index in [2.05, 4.69) is 65.9 Å². The smallest absolute Gasteiger partial charge is 0.206 e. The number of unbranched alkanes of at least 4 members (excludes halogenated alkanes) is 2. The van der Waals surface area contributed by atoms with Crippen molar-refractivity contribution in [2.24, 2.45) is 11.8 Å². The molecular weight excluding hydrogens is 358 g/mol. The third kappa shape index (κ3) is 28.8. The fourth-order valence-corrected chi connectivity index (χ4v) is 2.14. The van der Waals surface area contributed by atoms with E-state index in [1.807, 2.05) is 12.1 Å². The van der Waals surface area contributed by atoms with Gasteiger partial charge in [-0.3, -0.25) is 4.79 Å². The molecular formula is C26H51NO2. The van der Waals surface area contributed by atoms with E-state index in [4.69, 9.17) is 9.53 Å². The molecule has 0 saturated heterocycles. The molecule has 0 heterocycles. The number of rotatable bonds is 10. The molecule has 1 aromatic carbocycles. The number of aryl methyl sites for hydroxylation is 1. The van der Waals surface area contributed by atoms with Crippen LogP contribution in [-0.4, -0.2) is 20.6 Å². The molecule has 0 fully saturated rings. The Morgan fingerprint density at radius 2 is 1.48 bits per heavy atom. The van der Waals surface area contributed by atoms with Crippen molar-refractivity contribution in [2.45, 2.75) is 99.8 Å². The fraction of sp³-hybridized carbons (Fsp3) is 0.731. The first-order valence-electron chi connectivity index (χ1n) is 11.6. The number of hydrogen-bond donors (Lipinski definition) is 1. The lowest BCUT2D eigenvalue weighted by atomic mass is 9.98. The second kappa shape index (κ2) is 26.5. The Bertz CT molecular complexity index is 405. The predicted octanol–water partition coefficient (Wildman–Crippen LogP) is 7.68. The number of ether oxygens (including phenoxy) is 1. The second-order valence-electron chi connectivity index (χ2n) is 7.80. The average Bonchev–Trinajstić information content (AvgIpc) is 2.77. The van der Waals surface area contributed by atoms with E-state index in [9.17, 15) is 0 Å². The van der Waals surface area contributed by atoms with Crippen LogP contribution in [0, 0.1) is 11.8 Å². The molecule has 0 radical (unpaired) electrons. The van der Waals surface area contributed by atoms with Gasteiger partial charge in [-0.25, -0.2) is 0 Å². The Morgan fingerprint density at radius 1 is 1.00 bits per heavy atom. The first kappa shape index (κ1) is 32.2. The molecule has 0 atom stereocenters. The lowest BCUT2D eigenvalue weighted by Gasteiger charge is -2.08. The SMILES string of the molecule is CCC(C)C.CCCCC(C)CCCC.CCc1cccc(OC)c1.CNC=O. The van der Waals surface area contributed by atoms with Gasteiger partial charge < -0.3 is 10.1 Å². The van der Waals surface area contributed by atoms with Crippen molar-refractivity contribution in [2.75, 3.05) is 14.2 Å². The maximum absolute atomic E-state index is 9.06. The zero-order valence-corrected chi connectivity index (χ0v) is 21.0. The highest BCUT2D eigenvalue weighted by atomic mass is 16.5. The summed E-state index contributed by atoms with van der Waals surface area (Å²) in [6.07, 6.45) is 11.4. The van der Waals surface area contributed by atoms with Crippen molar-refractivity contribution in [3.05, 3.63) is 29.8 Å². The maximum atomic E-state index is 9.06. The molecule has 0 aromatic heterocycles. The van der Waals surface area contributed by atoms with Crippen LogP contribution in [0.3, 0.4) is 0 Å². The molecule has 1 amide bonds. The molecule has 29 heavy (non-hydrogen) atoms. The number of benzene rings is 1. The highest BCUT2D eigenvalue weighted by molar-refractivity contribution is 5.44. The fourth-order valence-electron chi connectivity index (χ4n) is 2.14. The van der Waals surface area contributed by atoms with Crippen LogP contribution in [0.2, 0.25) is 0 Å². The molecule has 1 N–H and O–H groups in total. The molecule has 1 aromatic rings. The Hall–Kier alpha value is -1.51. The van der Waals surface area contributed by atoms with Crippen LogP contribution in [0.1, 0.15) is 99.0 Å². The van der Waals surface area contributed by atoms with E-state index in [1.54, 1.807) is 14.2 Å². The highest BCUT2D eigenvalue weighted by Crippen LogP contribution is 2.14. The van der Waals surface area contributed by atoms with Gasteiger partial charge in [0.25, 0.3) is 0 Å². The van der Waals surface area contributed by atoms with E-state index in [-0.39, 0.29) is 0 Å². The van der Waals surface area contributed by atoms with Gasteiger partial charge >= 0.3 is 0 Å². The third-order valence-corrected chi connectivity index (χ3v) is 4.58. The van der Waals surface area contributed by atoms with Crippen LogP contribution >= 0.6 is 0 Å². The number of carbonyl (C=O) groups excluding carboxylic acids is 1. The van der Waals surface area contributed by atoms with Gasteiger partial charge in [0.2, 0.25) is 6.41 Å². The van der Waals surface area contributed by atoms with Crippen molar-refractivity contribution in [1.82, 2.24) is 5.32 Å². The standard InChI is InChI=1S/C10H22.C9H12O.C5H12.C2H5NO/c1-4-6-8-10(3)9-7-5-2;1-3-8-5-4-6-9(7-8)10-2;1-4-5(2)3;1-3-2-4/h10H,4-9H2,1-3H3;4-7H,3H2,1-2H3;5H,4H2,1-3H3;2H,1H3,(H,3,4). The molecule has 0 aliphatic heterocycles. The van der Waals surface area contributed by atoms with Gasteiger partial charge in [-0.15, -0.1) is 0 Å². The zero-order chi connectivity index (χ0) is 22.9. The van der Waals surface area contributed by atoms with Crippen LogP contribution in [0.4, 0.5) is 0 Å². The van der Waals surface area contributed by atoms with Crippen LogP contribution in [0.15, 0.2) is 24.3 Å². The summed E-state index contributed by atoms with van der Waals surface area (Å²) >= 11 is 0. The molecule has 0 saturated carbocycles. The quantitative estimate of drug-likeness (QED) is 0.402. The van der Waals surface area contributed by atoms with Gasteiger partial charge in [-0.1, -0.05) is 106 Å². The van der Waals surface area contributed by atoms with Crippen molar-refractivity contribution >= 4 is 6.41 Å². The Kier molecular flexibility index (Phi) is 29.4. The first-order chi connectivity index (χ1) is 13.9. The Morgan fingerprint density at radius 3 is 1.79 bits per heavy atom. The molecule has 0 spiro atoms. The van der Waals surface area contributed by atoms with Crippen molar-refractivity contribution in [3.63, 3.8) is 0 Å². The summed E-state index contributed by atoms with van der Waals surface area (Å²) in [6.45, 7) is 15.7. The highest BCUT2D eigenvalue weighted by Gasteiger charge is 1.98. The van der Waals surface area contributed by atoms with E-state index < -0.39 is 0 Å². The minimum atomic E-state index is 0.625. The molecule has 0 unspecified atom stereocenters. The van der Waals surface area contributed by atoms with E-state index in [0.717, 1.165) is 24.0 Å². The largest absolute Gasteiger partial charge is 0.497 e. The van der Waals surface area contributed by atoms with E-state index in [1.165, 1.54) is 50.5 Å². The number of amides is 1. The van der Waals surface area contributed by atoms with Gasteiger partial charge in [-0.05, 0) is 36.0 Å². The lowest BCUT2D eigenvalue weighted by molar-refractivity contribution is -0.109. The summed E-state index contributed by atoms with van der Waals surface area (Å²) in [4.78, 5) is 9.06. The van der Waals surface area contributed by atoms with E-state index in [0.29, 0.717) is 6.41 Å². The van der Waals surface area contributed by atoms with Gasteiger partial charge in [0.15, 0.2) is 0 Å². The van der Waals surface area contributed by atoms with Gasteiger partial charge in [0, 0.05) is 7.05 Å². The van der Waals surface area contributed by atoms with Crippen molar-refractivity contribution in [3.8, 4) is 5.75 Å². The minimum absolute atomic E-state index is 0.625. The number of carbonyl (C=O) groups is 1. The van der Waals surface area contributed by atoms with E-state index >= 15 is 0 Å². The number of nitrogens with one attached hydrogen (secondary N) is 1.